The highest BCUT2D eigenvalue weighted by Gasteiger charge is 2.40. The van der Waals surface area contributed by atoms with Gasteiger partial charge in [-0.3, -0.25) is 15.0 Å². The van der Waals surface area contributed by atoms with Crippen molar-refractivity contribution in [3.8, 4) is 11.8 Å². The van der Waals surface area contributed by atoms with E-state index in [1.54, 1.807) is 12.3 Å². The monoisotopic (exact) mass is 418 g/mol. The number of nitrogens with zero attached hydrogens (tertiary/aromatic N) is 5. The number of aromatic hydroxyl groups is 1. The number of pyridine rings is 2. The molecule has 160 valence electrons. The molecule has 0 unspecified atom stereocenters. The molecule has 2 saturated heterocycles. The van der Waals surface area contributed by atoms with Gasteiger partial charge in [-0.05, 0) is 38.7 Å². The normalized spacial score (nSPS) is 23.0. The topological polar surface area (TPSA) is 126 Å². The van der Waals surface area contributed by atoms with E-state index in [1.165, 1.54) is 12.8 Å². The lowest BCUT2D eigenvalue weighted by Gasteiger charge is -2.39. The predicted octanol–water partition coefficient (Wildman–Crippen LogP) is 3.43. The molecule has 0 spiro atoms. The average molecular weight is 419 g/mol. The van der Waals surface area contributed by atoms with Crippen LogP contribution >= 0.6 is 0 Å². The van der Waals surface area contributed by atoms with Gasteiger partial charge in [0.15, 0.2) is 5.82 Å². The maximum absolute atomic E-state index is 10.5. The van der Waals surface area contributed by atoms with Gasteiger partial charge < -0.3 is 15.7 Å². The average Bonchev–Trinajstić information content (AvgIpc) is 3.25. The zero-order valence-corrected chi connectivity index (χ0v) is 17.5. The first-order valence-electron chi connectivity index (χ1n) is 10.8. The van der Waals surface area contributed by atoms with Crippen molar-refractivity contribution in [2.45, 2.75) is 57.2 Å². The summed E-state index contributed by atoms with van der Waals surface area (Å²) in [5, 5.41) is 34.1. The van der Waals surface area contributed by atoms with Crippen molar-refractivity contribution < 1.29 is 5.11 Å². The molecule has 4 N–H and O–H groups in total. The molecule has 2 aliphatic heterocycles. The van der Waals surface area contributed by atoms with Gasteiger partial charge in [0.2, 0.25) is 0 Å². The third-order valence-corrected chi connectivity index (χ3v) is 6.37. The first-order valence-corrected chi connectivity index (χ1v) is 10.8. The third kappa shape index (κ3) is 3.86. The second-order valence-electron chi connectivity index (χ2n) is 8.49. The number of aryl methyl sites for hydroxylation is 1. The highest BCUT2D eigenvalue weighted by Crippen LogP contribution is 2.38. The Morgan fingerprint density at radius 3 is 2.77 bits per heavy atom. The number of hydrogen-bond donors (Lipinski definition) is 4. The maximum atomic E-state index is 10.5. The fourth-order valence-corrected chi connectivity index (χ4v) is 5.07. The Morgan fingerprint density at radius 2 is 2.06 bits per heavy atom. The fourth-order valence-electron chi connectivity index (χ4n) is 5.07. The molecule has 9 heteroatoms. The van der Waals surface area contributed by atoms with Crippen LogP contribution < -0.4 is 10.6 Å². The van der Waals surface area contributed by atoms with Crippen LogP contribution in [-0.4, -0.2) is 54.8 Å². The molecular weight excluding hydrogens is 392 g/mol. The van der Waals surface area contributed by atoms with Gasteiger partial charge in [0.1, 0.15) is 17.4 Å². The second kappa shape index (κ2) is 8.04. The SMILES string of the molecule is Cc1cc(Nc2cc3nccc(O)c3c(N[C@@H]3C[C@H]4CC[C@@H](C3)N4CCC#N)n2)n[nH]1. The van der Waals surface area contributed by atoms with Crippen molar-refractivity contribution in [1.82, 2.24) is 25.1 Å². The Morgan fingerprint density at radius 1 is 1.26 bits per heavy atom. The summed E-state index contributed by atoms with van der Waals surface area (Å²) in [6.07, 6.45) is 6.53. The number of hydrogen-bond acceptors (Lipinski definition) is 8. The Bertz CT molecular complexity index is 1120. The zero-order valence-electron chi connectivity index (χ0n) is 17.5. The van der Waals surface area contributed by atoms with Crippen molar-refractivity contribution in [3.05, 3.63) is 30.1 Å². The molecule has 3 aromatic heterocycles. The molecule has 0 radical (unpaired) electrons. The molecule has 0 aliphatic carbocycles. The Labute approximate surface area is 180 Å². The van der Waals surface area contributed by atoms with E-state index in [1.807, 2.05) is 19.1 Å². The Balaban J connectivity index is 1.42. The molecule has 5 heterocycles. The quantitative estimate of drug-likeness (QED) is 0.480. The molecular formula is C22H26N8O. The summed E-state index contributed by atoms with van der Waals surface area (Å²) in [6, 6.07) is 8.84. The molecule has 0 saturated carbocycles. The van der Waals surface area contributed by atoms with Gasteiger partial charge in [0.05, 0.1) is 17.0 Å². The summed E-state index contributed by atoms with van der Waals surface area (Å²) in [6.45, 7) is 2.79. The van der Waals surface area contributed by atoms with Crippen LogP contribution in [0.25, 0.3) is 10.9 Å². The van der Waals surface area contributed by atoms with Crippen LogP contribution in [0, 0.1) is 18.3 Å². The molecule has 3 atom stereocenters. The first kappa shape index (κ1) is 19.6. The minimum Gasteiger partial charge on any atom is -0.507 e. The summed E-state index contributed by atoms with van der Waals surface area (Å²) in [5.74, 6) is 2.10. The number of H-pyrrole nitrogens is 1. The van der Waals surface area contributed by atoms with Crippen LogP contribution in [0.2, 0.25) is 0 Å². The van der Waals surface area contributed by atoms with E-state index in [2.05, 4.69) is 36.8 Å². The third-order valence-electron chi connectivity index (χ3n) is 6.37. The Kier molecular flexibility index (Phi) is 5.08. The number of aromatic amines is 1. The lowest BCUT2D eigenvalue weighted by atomic mass is 9.97. The summed E-state index contributed by atoms with van der Waals surface area (Å²) in [7, 11) is 0. The summed E-state index contributed by atoms with van der Waals surface area (Å²) in [5.41, 5.74) is 1.62. The number of fused-ring (bicyclic) bond motifs is 3. The number of aromatic nitrogens is 4. The van der Waals surface area contributed by atoms with Gasteiger partial charge in [0.25, 0.3) is 0 Å². The smallest absolute Gasteiger partial charge is 0.153 e. The lowest BCUT2D eigenvalue weighted by Crippen LogP contribution is -2.47. The van der Waals surface area contributed by atoms with E-state index in [0.717, 1.165) is 25.1 Å². The number of nitrogens with one attached hydrogen (secondary N) is 3. The molecule has 0 aromatic carbocycles. The molecule has 5 rings (SSSR count). The minimum atomic E-state index is 0.164. The zero-order chi connectivity index (χ0) is 21.4. The van der Waals surface area contributed by atoms with E-state index in [9.17, 15) is 5.11 Å². The second-order valence-corrected chi connectivity index (χ2v) is 8.49. The molecule has 2 bridgehead atoms. The lowest BCUT2D eigenvalue weighted by molar-refractivity contribution is 0.136. The van der Waals surface area contributed by atoms with Gasteiger partial charge in [-0.2, -0.15) is 10.4 Å². The standard InChI is InChI=1S/C22H26N8O/c1-13-9-20(29-28-13)26-19-12-17-21(18(31)5-7-24-17)22(27-19)25-14-10-15-3-4-16(11-14)30(15)8-2-6-23/h5,7,9,12,14-16H,2-4,8,10-11H2,1H3,(H,24,31)(H3,25,26,27,28,29)/t14-,15-,16+. The van der Waals surface area contributed by atoms with E-state index in [4.69, 9.17) is 10.2 Å². The van der Waals surface area contributed by atoms with E-state index in [0.29, 0.717) is 46.9 Å². The van der Waals surface area contributed by atoms with Crippen molar-refractivity contribution in [2.75, 3.05) is 17.2 Å². The number of anilines is 3. The van der Waals surface area contributed by atoms with Gasteiger partial charge >= 0.3 is 0 Å². The fraction of sp³-hybridized carbons (Fsp3) is 0.455. The number of nitriles is 1. The van der Waals surface area contributed by atoms with Crippen LogP contribution in [0.5, 0.6) is 5.75 Å². The van der Waals surface area contributed by atoms with Crippen LogP contribution in [0.4, 0.5) is 17.5 Å². The van der Waals surface area contributed by atoms with Gasteiger partial charge in [-0.25, -0.2) is 4.98 Å². The van der Waals surface area contributed by atoms with E-state index in [-0.39, 0.29) is 11.8 Å². The highest BCUT2D eigenvalue weighted by atomic mass is 16.3. The minimum absolute atomic E-state index is 0.164. The Hall–Kier alpha value is -3.38. The highest BCUT2D eigenvalue weighted by molar-refractivity contribution is 5.96. The summed E-state index contributed by atoms with van der Waals surface area (Å²) in [4.78, 5) is 11.7. The molecule has 2 fully saturated rings. The van der Waals surface area contributed by atoms with Crippen LogP contribution in [0.1, 0.15) is 37.8 Å². The molecule has 2 aliphatic rings. The van der Waals surface area contributed by atoms with E-state index >= 15 is 0 Å². The number of rotatable bonds is 6. The maximum Gasteiger partial charge on any atom is 0.153 e. The van der Waals surface area contributed by atoms with Crippen molar-refractivity contribution in [2.24, 2.45) is 0 Å². The van der Waals surface area contributed by atoms with Gasteiger partial charge in [-0.1, -0.05) is 0 Å². The largest absolute Gasteiger partial charge is 0.507 e. The summed E-state index contributed by atoms with van der Waals surface area (Å²) >= 11 is 0. The summed E-state index contributed by atoms with van der Waals surface area (Å²) < 4.78 is 0. The van der Waals surface area contributed by atoms with Crippen molar-refractivity contribution in [3.63, 3.8) is 0 Å². The van der Waals surface area contributed by atoms with Crippen molar-refractivity contribution >= 4 is 28.4 Å². The van der Waals surface area contributed by atoms with Crippen LogP contribution in [0.15, 0.2) is 24.4 Å². The van der Waals surface area contributed by atoms with Gasteiger partial charge in [-0.15, -0.1) is 0 Å². The predicted molar refractivity (Wildman–Crippen MR) is 118 cm³/mol. The molecule has 3 aromatic rings. The van der Waals surface area contributed by atoms with E-state index < -0.39 is 0 Å². The first-order chi connectivity index (χ1) is 15.1. The van der Waals surface area contributed by atoms with Crippen LogP contribution in [-0.2, 0) is 0 Å². The molecule has 9 nitrogen and oxygen atoms in total. The molecule has 0 amide bonds. The van der Waals surface area contributed by atoms with Crippen molar-refractivity contribution in [1.29, 1.82) is 5.26 Å². The van der Waals surface area contributed by atoms with Crippen LogP contribution in [0.3, 0.4) is 0 Å². The van der Waals surface area contributed by atoms with Gasteiger partial charge in [0, 0.05) is 55.1 Å². The molecule has 31 heavy (non-hydrogen) atoms. The number of piperidine rings is 1.